The van der Waals surface area contributed by atoms with Crippen molar-refractivity contribution in [2.24, 2.45) is 0 Å². The molecule has 0 amide bonds. The van der Waals surface area contributed by atoms with E-state index in [1.165, 1.54) is 5.56 Å². The van der Waals surface area contributed by atoms with E-state index in [2.05, 4.69) is 27.8 Å². The van der Waals surface area contributed by atoms with Crippen LogP contribution in [0.3, 0.4) is 0 Å². The van der Waals surface area contributed by atoms with Crippen LogP contribution in [-0.4, -0.2) is 26.2 Å². The van der Waals surface area contributed by atoms with Gasteiger partial charge in [0.2, 0.25) is 0 Å². The third-order valence-corrected chi connectivity index (χ3v) is 3.65. The van der Waals surface area contributed by atoms with Gasteiger partial charge in [0.05, 0.1) is 17.9 Å². The number of hydrogen-bond acceptors (Lipinski definition) is 4. The van der Waals surface area contributed by atoms with Crippen molar-refractivity contribution in [1.29, 1.82) is 0 Å². The first-order chi connectivity index (χ1) is 8.76. The number of imidazole rings is 1. The number of hydrogen-bond donors (Lipinski definition) is 1. The molecule has 0 spiro atoms. The number of nitrogens with zero attached hydrogens (tertiary/aromatic N) is 4. The van der Waals surface area contributed by atoms with Crippen LogP contribution in [0, 0.1) is 6.92 Å². The maximum atomic E-state index is 4.56. The third kappa shape index (κ3) is 2.04. The standard InChI is InChI=1S/C12H15N5S/c1-9-10(5-13-2)6-17(15-9)8-11-7-16-3-4-18-12(16)14-11/h3-4,6-7,13H,5,8H2,1-2H3. The predicted molar refractivity (Wildman–Crippen MR) is 71.9 cm³/mol. The van der Waals surface area contributed by atoms with Gasteiger partial charge in [-0.1, -0.05) is 0 Å². The van der Waals surface area contributed by atoms with Gasteiger partial charge in [0.25, 0.3) is 0 Å². The molecule has 3 aromatic heterocycles. The van der Waals surface area contributed by atoms with Crippen molar-refractivity contribution in [3.63, 3.8) is 0 Å². The van der Waals surface area contributed by atoms with Crippen molar-refractivity contribution in [1.82, 2.24) is 24.5 Å². The van der Waals surface area contributed by atoms with E-state index < -0.39 is 0 Å². The fourth-order valence-corrected chi connectivity index (χ4v) is 2.74. The lowest BCUT2D eigenvalue weighted by molar-refractivity contribution is 0.668. The summed E-state index contributed by atoms with van der Waals surface area (Å²) < 4.78 is 4.00. The number of fused-ring (bicyclic) bond motifs is 1. The highest BCUT2D eigenvalue weighted by Crippen LogP contribution is 2.13. The van der Waals surface area contributed by atoms with E-state index in [4.69, 9.17) is 0 Å². The summed E-state index contributed by atoms with van der Waals surface area (Å²) in [5, 5.41) is 9.69. The zero-order chi connectivity index (χ0) is 12.5. The number of aromatic nitrogens is 4. The summed E-state index contributed by atoms with van der Waals surface area (Å²) in [4.78, 5) is 5.59. The molecular formula is C12H15N5S. The summed E-state index contributed by atoms with van der Waals surface area (Å²) in [6, 6.07) is 0. The molecule has 0 unspecified atom stereocenters. The van der Waals surface area contributed by atoms with Crippen molar-refractivity contribution in [3.8, 4) is 0 Å². The molecule has 0 aliphatic carbocycles. The van der Waals surface area contributed by atoms with Crippen LogP contribution in [0.15, 0.2) is 24.0 Å². The van der Waals surface area contributed by atoms with Crippen LogP contribution in [0.4, 0.5) is 0 Å². The Morgan fingerprint density at radius 1 is 1.39 bits per heavy atom. The Labute approximate surface area is 109 Å². The molecule has 0 bridgehead atoms. The van der Waals surface area contributed by atoms with Crippen molar-refractivity contribution < 1.29 is 0 Å². The largest absolute Gasteiger partial charge is 0.316 e. The van der Waals surface area contributed by atoms with Gasteiger partial charge < -0.3 is 5.32 Å². The molecule has 0 fully saturated rings. The summed E-state index contributed by atoms with van der Waals surface area (Å²) in [5.41, 5.74) is 3.35. The first kappa shape index (κ1) is 11.4. The maximum absolute atomic E-state index is 4.56. The van der Waals surface area contributed by atoms with E-state index in [0.717, 1.165) is 29.4 Å². The van der Waals surface area contributed by atoms with E-state index in [0.29, 0.717) is 0 Å². The van der Waals surface area contributed by atoms with Gasteiger partial charge in [-0.3, -0.25) is 9.08 Å². The van der Waals surface area contributed by atoms with E-state index in [-0.39, 0.29) is 0 Å². The van der Waals surface area contributed by atoms with Crippen molar-refractivity contribution in [3.05, 3.63) is 40.9 Å². The lowest BCUT2D eigenvalue weighted by Crippen LogP contribution is -2.05. The summed E-state index contributed by atoms with van der Waals surface area (Å²) in [5.74, 6) is 0. The first-order valence-corrected chi connectivity index (χ1v) is 6.73. The smallest absolute Gasteiger partial charge is 0.193 e. The molecular weight excluding hydrogens is 246 g/mol. The highest BCUT2D eigenvalue weighted by atomic mass is 32.1. The number of thiazole rings is 1. The summed E-state index contributed by atoms with van der Waals surface area (Å²) in [6.45, 7) is 3.61. The van der Waals surface area contributed by atoms with Crippen LogP contribution >= 0.6 is 11.3 Å². The molecule has 0 aliphatic heterocycles. The van der Waals surface area contributed by atoms with Gasteiger partial charge in [0.1, 0.15) is 0 Å². The van der Waals surface area contributed by atoms with Gasteiger partial charge in [0, 0.05) is 36.1 Å². The Hall–Kier alpha value is -1.66. The Kier molecular flexibility index (Phi) is 2.89. The fraction of sp³-hybridized carbons (Fsp3) is 0.333. The second kappa shape index (κ2) is 4.55. The van der Waals surface area contributed by atoms with Crippen LogP contribution in [0.25, 0.3) is 4.96 Å². The highest BCUT2D eigenvalue weighted by molar-refractivity contribution is 7.15. The van der Waals surface area contributed by atoms with Crippen LogP contribution in [0.1, 0.15) is 17.0 Å². The normalized spacial score (nSPS) is 11.4. The molecule has 0 aliphatic rings. The zero-order valence-corrected chi connectivity index (χ0v) is 11.2. The molecule has 0 aromatic carbocycles. The quantitative estimate of drug-likeness (QED) is 0.777. The van der Waals surface area contributed by atoms with Crippen molar-refractivity contribution >= 4 is 16.3 Å². The summed E-state index contributed by atoms with van der Waals surface area (Å²) >= 11 is 1.65. The van der Waals surface area contributed by atoms with Crippen molar-refractivity contribution in [2.75, 3.05) is 7.05 Å². The van der Waals surface area contributed by atoms with Gasteiger partial charge in [-0.25, -0.2) is 4.98 Å². The summed E-state index contributed by atoms with van der Waals surface area (Å²) in [7, 11) is 1.94. The van der Waals surface area contributed by atoms with Gasteiger partial charge in [-0.05, 0) is 14.0 Å². The number of rotatable bonds is 4. The average molecular weight is 261 g/mol. The molecule has 0 saturated carbocycles. The molecule has 0 atom stereocenters. The first-order valence-electron chi connectivity index (χ1n) is 5.85. The van der Waals surface area contributed by atoms with Crippen molar-refractivity contribution in [2.45, 2.75) is 20.0 Å². The molecule has 3 heterocycles. The van der Waals surface area contributed by atoms with E-state index in [1.54, 1.807) is 11.3 Å². The topological polar surface area (TPSA) is 47.2 Å². The molecule has 0 saturated heterocycles. The Bertz CT molecular complexity index is 634. The van der Waals surface area contributed by atoms with Crippen LogP contribution in [0.2, 0.25) is 0 Å². The lowest BCUT2D eigenvalue weighted by Gasteiger charge is -1.96. The number of nitrogens with one attached hydrogen (secondary N) is 1. The molecule has 94 valence electrons. The lowest BCUT2D eigenvalue weighted by atomic mass is 10.3. The Balaban J connectivity index is 1.83. The van der Waals surface area contributed by atoms with Gasteiger partial charge in [0.15, 0.2) is 4.96 Å². The minimum absolute atomic E-state index is 0.721. The maximum Gasteiger partial charge on any atom is 0.193 e. The van der Waals surface area contributed by atoms with Crippen LogP contribution in [-0.2, 0) is 13.1 Å². The molecule has 1 N–H and O–H groups in total. The Morgan fingerprint density at radius 3 is 3.06 bits per heavy atom. The molecule has 3 aromatic rings. The molecule has 18 heavy (non-hydrogen) atoms. The second-order valence-corrected chi connectivity index (χ2v) is 5.17. The molecule has 6 heteroatoms. The molecule has 0 radical (unpaired) electrons. The highest BCUT2D eigenvalue weighted by Gasteiger charge is 2.07. The fourth-order valence-electron chi connectivity index (χ4n) is 2.02. The number of aryl methyl sites for hydroxylation is 1. The van der Waals surface area contributed by atoms with E-state index in [1.807, 2.05) is 34.6 Å². The Morgan fingerprint density at radius 2 is 2.28 bits per heavy atom. The zero-order valence-electron chi connectivity index (χ0n) is 10.4. The summed E-state index contributed by atoms with van der Waals surface area (Å²) in [6.07, 6.45) is 6.16. The molecule has 3 rings (SSSR count). The second-order valence-electron chi connectivity index (χ2n) is 4.29. The average Bonchev–Trinajstić information content (AvgIpc) is 2.95. The minimum atomic E-state index is 0.721. The van der Waals surface area contributed by atoms with Crippen LogP contribution < -0.4 is 5.32 Å². The van der Waals surface area contributed by atoms with Crippen LogP contribution in [0.5, 0.6) is 0 Å². The van der Waals surface area contributed by atoms with Gasteiger partial charge in [-0.15, -0.1) is 11.3 Å². The monoisotopic (exact) mass is 261 g/mol. The predicted octanol–water partition coefficient (Wildman–Crippen LogP) is 1.67. The SMILES string of the molecule is CNCc1cn(Cc2cn3ccsc3n2)nc1C. The van der Waals surface area contributed by atoms with E-state index in [9.17, 15) is 0 Å². The van der Waals surface area contributed by atoms with Gasteiger partial charge in [-0.2, -0.15) is 5.10 Å². The minimum Gasteiger partial charge on any atom is -0.316 e. The third-order valence-electron chi connectivity index (χ3n) is 2.88. The van der Waals surface area contributed by atoms with Gasteiger partial charge >= 0.3 is 0 Å². The molecule has 5 nitrogen and oxygen atoms in total. The van der Waals surface area contributed by atoms with E-state index >= 15 is 0 Å².